The Balaban J connectivity index is 2.35. The minimum absolute atomic E-state index is 0.0136. The smallest absolute Gasteiger partial charge is 0.427 e. The number of methoxy groups -OCH3 is 2. The summed E-state index contributed by atoms with van der Waals surface area (Å²) in [6, 6.07) is 7.20. The number of ether oxygens (including phenoxy) is 3. The monoisotopic (exact) mass is 511 g/mol. The average Bonchev–Trinajstić information content (AvgIpc) is 2.75. The molecule has 0 aliphatic heterocycles. The number of nitrogens with zero attached hydrogens (tertiary/aromatic N) is 1. The quantitative estimate of drug-likeness (QED) is 0.454. The molecule has 0 unspecified atom stereocenters. The molecule has 10 nitrogen and oxygen atoms in total. The number of anilines is 1. The first kappa shape index (κ1) is 26.7. The molecule has 2 aromatic carbocycles. The van der Waals surface area contributed by atoms with E-state index in [0.29, 0.717) is 5.01 Å². The van der Waals surface area contributed by atoms with Crippen molar-refractivity contribution in [2.24, 2.45) is 0 Å². The molecule has 0 spiro atoms. The lowest BCUT2D eigenvalue weighted by Crippen LogP contribution is -2.53. The molecule has 0 aliphatic rings. The standard InChI is InChI=1S/C22H23Cl2N3O7/c1-22(2,3)34-21(31)26-27(17-14(23)7-6-8-15(17)24)20(30)25-18(28)12-9-10-13(19(29)33-5)16(11-12)32-4/h6-11H,1-5H3,(H,26,31)(H,25,28,30). The summed E-state index contributed by atoms with van der Waals surface area (Å²) in [7, 11) is 2.51. The van der Waals surface area contributed by atoms with Crippen molar-refractivity contribution in [2.45, 2.75) is 26.4 Å². The highest BCUT2D eigenvalue weighted by Crippen LogP contribution is 2.33. The van der Waals surface area contributed by atoms with Gasteiger partial charge in [0, 0.05) is 5.56 Å². The van der Waals surface area contributed by atoms with E-state index in [1.165, 1.54) is 50.6 Å². The maximum absolute atomic E-state index is 13.0. The van der Waals surface area contributed by atoms with E-state index in [1.807, 2.05) is 0 Å². The zero-order valence-electron chi connectivity index (χ0n) is 19.0. The fourth-order valence-corrected chi connectivity index (χ4v) is 3.21. The van der Waals surface area contributed by atoms with Crippen LogP contribution in [0.5, 0.6) is 5.75 Å². The van der Waals surface area contributed by atoms with Crippen LogP contribution in [0.2, 0.25) is 10.0 Å². The van der Waals surface area contributed by atoms with Gasteiger partial charge < -0.3 is 14.2 Å². The molecule has 0 saturated carbocycles. The number of imide groups is 1. The number of esters is 1. The first-order chi connectivity index (χ1) is 15.9. The highest BCUT2D eigenvalue weighted by molar-refractivity contribution is 6.40. The topological polar surface area (TPSA) is 123 Å². The second-order valence-corrected chi connectivity index (χ2v) is 8.50. The molecule has 0 bridgehead atoms. The Labute approximate surface area is 206 Å². The molecule has 2 N–H and O–H groups in total. The zero-order valence-corrected chi connectivity index (χ0v) is 20.5. The third kappa shape index (κ3) is 6.75. The van der Waals surface area contributed by atoms with Crippen LogP contribution in [0.3, 0.4) is 0 Å². The van der Waals surface area contributed by atoms with Crippen molar-refractivity contribution in [3.05, 3.63) is 57.6 Å². The number of carbonyl (C=O) groups excluding carboxylic acids is 4. The predicted molar refractivity (Wildman–Crippen MR) is 126 cm³/mol. The molecule has 0 saturated heterocycles. The van der Waals surface area contributed by atoms with Crippen LogP contribution in [0, 0.1) is 0 Å². The van der Waals surface area contributed by atoms with Crippen LogP contribution in [-0.4, -0.2) is 43.8 Å². The number of hydrogen-bond acceptors (Lipinski definition) is 7. The van der Waals surface area contributed by atoms with Gasteiger partial charge in [-0.15, -0.1) is 0 Å². The second kappa shape index (κ2) is 11.1. The number of carbonyl (C=O) groups is 4. The first-order valence-electron chi connectivity index (χ1n) is 9.73. The van der Waals surface area contributed by atoms with E-state index in [4.69, 9.17) is 32.7 Å². The van der Waals surface area contributed by atoms with E-state index in [2.05, 4.69) is 15.5 Å². The van der Waals surface area contributed by atoms with E-state index < -0.39 is 29.6 Å². The Hall–Kier alpha value is -3.50. The molecular weight excluding hydrogens is 489 g/mol. The molecule has 0 atom stereocenters. The fraction of sp³-hybridized carbons (Fsp3) is 0.273. The van der Waals surface area contributed by atoms with Crippen molar-refractivity contribution in [1.82, 2.24) is 10.7 Å². The SMILES string of the molecule is COC(=O)c1ccc(C(=O)NC(=O)N(NC(=O)OC(C)(C)C)c2c(Cl)cccc2Cl)cc1OC. The number of urea groups is 1. The number of halogens is 2. The maximum Gasteiger partial charge on any atom is 0.427 e. The summed E-state index contributed by atoms with van der Waals surface area (Å²) in [5.74, 6) is -1.47. The summed E-state index contributed by atoms with van der Waals surface area (Å²) >= 11 is 12.4. The molecule has 12 heteroatoms. The van der Waals surface area contributed by atoms with Gasteiger partial charge in [0.05, 0.1) is 24.3 Å². The van der Waals surface area contributed by atoms with Gasteiger partial charge in [0.2, 0.25) is 0 Å². The molecule has 2 aromatic rings. The van der Waals surface area contributed by atoms with Gasteiger partial charge in [0.25, 0.3) is 5.91 Å². The Bertz CT molecular complexity index is 1100. The van der Waals surface area contributed by atoms with Gasteiger partial charge in [0.15, 0.2) is 0 Å². The minimum Gasteiger partial charge on any atom is -0.496 e. The minimum atomic E-state index is -1.08. The van der Waals surface area contributed by atoms with Crippen molar-refractivity contribution in [2.75, 3.05) is 19.2 Å². The summed E-state index contributed by atoms with van der Waals surface area (Å²) in [6.45, 7) is 4.90. The van der Waals surface area contributed by atoms with E-state index in [-0.39, 0.29) is 32.6 Å². The van der Waals surface area contributed by atoms with E-state index in [9.17, 15) is 19.2 Å². The maximum atomic E-state index is 13.0. The van der Waals surface area contributed by atoms with Crippen molar-refractivity contribution in [3.63, 3.8) is 0 Å². The van der Waals surface area contributed by atoms with Gasteiger partial charge in [-0.2, -0.15) is 5.01 Å². The summed E-state index contributed by atoms with van der Waals surface area (Å²) in [6.07, 6.45) is -0.991. The van der Waals surface area contributed by atoms with Crippen LogP contribution in [-0.2, 0) is 9.47 Å². The number of amides is 4. The lowest BCUT2D eigenvalue weighted by atomic mass is 10.1. The molecule has 4 amide bonds. The highest BCUT2D eigenvalue weighted by atomic mass is 35.5. The van der Waals surface area contributed by atoms with Crippen molar-refractivity contribution < 1.29 is 33.4 Å². The molecule has 0 radical (unpaired) electrons. The highest BCUT2D eigenvalue weighted by Gasteiger charge is 2.28. The normalized spacial score (nSPS) is 10.7. The van der Waals surface area contributed by atoms with E-state index in [0.717, 1.165) is 0 Å². The fourth-order valence-electron chi connectivity index (χ4n) is 2.64. The number of rotatable bonds is 4. The van der Waals surface area contributed by atoms with Gasteiger partial charge in [-0.25, -0.2) is 19.8 Å². The van der Waals surface area contributed by atoms with Crippen LogP contribution >= 0.6 is 23.2 Å². The van der Waals surface area contributed by atoms with Crippen molar-refractivity contribution in [3.8, 4) is 5.75 Å². The molecule has 0 aromatic heterocycles. The Morgan fingerprint density at radius 3 is 2.12 bits per heavy atom. The Morgan fingerprint density at radius 1 is 0.971 bits per heavy atom. The van der Waals surface area contributed by atoms with Crippen LogP contribution in [0.25, 0.3) is 0 Å². The number of hydrazine groups is 1. The summed E-state index contributed by atoms with van der Waals surface area (Å²) in [5, 5.41) is 2.83. The van der Waals surface area contributed by atoms with Gasteiger partial charge >= 0.3 is 18.1 Å². The van der Waals surface area contributed by atoms with Gasteiger partial charge in [-0.05, 0) is 51.1 Å². The molecule has 0 fully saturated rings. The molecule has 0 heterocycles. The summed E-state index contributed by atoms with van der Waals surface area (Å²) < 4.78 is 15.0. The third-order valence-electron chi connectivity index (χ3n) is 4.06. The number of para-hydroxylation sites is 1. The van der Waals surface area contributed by atoms with Crippen LogP contribution < -0.4 is 20.5 Å². The van der Waals surface area contributed by atoms with Gasteiger partial charge in [-0.3, -0.25) is 10.1 Å². The molecule has 0 aliphatic carbocycles. The van der Waals surface area contributed by atoms with Gasteiger partial charge in [0.1, 0.15) is 22.6 Å². The van der Waals surface area contributed by atoms with E-state index in [1.54, 1.807) is 20.8 Å². The number of nitrogens with one attached hydrogen (secondary N) is 2. The molecular formula is C22H23Cl2N3O7. The lowest BCUT2D eigenvalue weighted by molar-refractivity contribution is 0.0522. The van der Waals surface area contributed by atoms with Crippen LogP contribution in [0.15, 0.2) is 36.4 Å². The molecule has 2 rings (SSSR count). The zero-order chi connectivity index (χ0) is 25.6. The molecule has 182 valence electrons. The second-order valence-electron chi connectivity index (χ2n) is 7.69. The van der Waals surface area contributed by atoms with E-state index >= 15 is 0 Å². The number of hydrogen-bond donors (Lipinski definition) is 2. The Kier molecular flexibility index (Phi) is 8.72. The molecule has 34 heavy (non-hydrogen) atoms. The van der Waals surface area contributed by atoms with Crippen LogP contribution in [0.4, 0.5) is 15.3 Å². The van der Waals surface area contributed by atoms with Gasteiger partial charge in [-0.1, -0.05) is 29.3 Å². The number of benzene rings is 2. The van der Waals surface area contributed by atoms with Crippen LogP contribution in [0.1, 0.15) is 41.5 Å². The lowest BCUT2D eigenvalue weighted by Gasteiger charge is -2.27. The summed E-state index contributed by atoms with van der Waals surface area (Å²) in [5.41, 5.74) is 1.36. The first-order valence-corrected chi connectivity index (χ1v) is 10.5. The summed E-state index contributed by atoms with van der Waals surface area (Å²) in [4.78, 5) is 49.9. The third-order valence-corrected chi connectivity index (χ3v) is 4.67. The predicted octanol–water partition coefficient (Wildman–Crippen LogP) is 4.58. The largest absolute Gasteiger partial charge is 0.496 e. The Morgan fingerprint density at radius 2 is 1.59 bits per heavy atom. The van der Waals surface area contributed by atoms with Crippen molar-refractivity contribution >= 4 is 52.9 Å². The van der Waals surface area contributed by atoms with Crippen molar-refractivity contribution in [1.29, 1.82) is 0 Å². The average molecular weight is 512 g/mol.